The standard InChI is InChI=1S/C8H6BrF3N2O/c9-7-3-6(15-8(10,11)12)2-1-5(7)4-14-13/h1-4H,13H2. The van der Waals surface area contributed by atoms with Crippen LogP contribution < -0.4 is 10.6 Å². The lowest BCUT2D eigenvalue weighted by Crippen LogP contribution is -2.17. The maximum atomic E-state index is 11.8. The number of benzene rings is 1. The van der Waals surface area contributed by atoms with Crippen molar-refractivity contribution in [2.45, 2.75) is 6.36 Å². The summed E-state index contributed by atoms with van der Waals surface area (Å²) in [6.45, 7) is 0. The Hall–Kier alpha value is -1.24. The molecule has 0 unspecified atom stereocenters. The molecule has 0 atom stereocenters. The second kappa shape index (κ2) is 4.52. The second-order valence-corrected chi connectivity index (χ2v) is 3.36. The van der Waals surface area contributed by atoms with Crippen LogP contribution >= 0.6 is 15.9 Å². The van der Waals surface area contributed by atoms with Gasteiger partial charge in [0, 0.05) is 10.0 Å². The lowest BCUT2D eigenvalue weighted by molar-refractivity contribution is -0.274. The Kier molecular flexibility index (Phi) is 3.57. The first-order valence-corrected chi connectivity index (χ1v) is 4.50. The number of rotatable bonds is 2. The lowest BCUT2D eigenvalue weighted by atomic mass is 10.2. The van der Waals surface area contributed by atoms with Crippen molar-refractivity contribution < 1.29 is 17.9 Å². The minimum Gasteiger partial charge on any atom is -0.406 e. The highest BCUT2D eigenvalue weighted by Crippen LogP contribution is 2.27. The minimum atomic E-state index is -4.69. The summed E-state index contributed by atoms with van der Waals surface area (Å²) in [4.78, 5) is 0. The summed E-state index contributed by atoms with van der Waals surface area (Å²) in [6, 6.07) is 3.77. The highest BCUT2D eigenvalue weighted by atomic mass is 79.9. The number of hydrazone groups is 1. The van der Waals surface area contributed by atoms with Crippen molar-refractivity contribution in [3.8, 4) is 5.75 Å². The smallest absolute Gasteiger partial charge is 0.406 e. The first-order chi connectivity index (χ1) is 6.92. The van der Waals surface area contributed by atoms with Gasteiger partial charge in [-0.1, -0.05) is 0 Å². The van der Waals surface area contributed by atoms with E-state index >= 15 is 0 Å². The monoisotopic (exact) mass is 282 g/mol. The third-order valence-corrected chi connectivity index (χ3v) is 2.11. The van der Waals surface area contributed by atoms with E-state index in [1.54, 1.807) is 0 Å². The molecule has 0 aliphatic rings. The molecule has 15 heavy (non-hydrogen) atoms. The largest absolute Gasteiger partial charge is 0.573 e. The third kappa shape index (κ3) is 3.78. The molecule has 82 valence electrons. The zero-order chi connectivity index (χ0) is 11.5. The molecule has 0 aliphatic carbocycles. The Balaban J connectivity index is 2.92. The molecule has 0 spiro atoms. The van der Waals surface area contributed by atoms with E-state index < -0.39 is 6.36 Å². The van der Waals surface area contributed by atoms with Gasteiger partial charge in [-0.3, -0.25) is 0 Å². The van der Waals surface area contributed by atoms with Crippen LogP contribution in [0, 0.1) is 0 Å². The first kappa shape index (κ1) is 11.8. The van der Waals surface area contributed by atoms with Crippen LogP contribution in [0.3, 0.4) is 0 Å². The van der Waals surface area contributed by atoms with Gasteiger partial charge in [0.25, 0.3) is 0 Å². The van der Waals surface area contributed by atoms with Gasteiger partial charge in [-0.05, 0) is 34.1 Å². The summed E-state index contributed by atoms with van der Waals surface area (Å²) >= 11 is 3.06. The molecule has 3 nitrogen and oxygen atoms in total. The molecule has 1 rings (SSSR count). The van der Waals surface area contributed by atoms with Gasteiger partial charge in [-0.25, -0.2) is 0 Å². The molecular weight excluding hydrogens is 277 g/mol. The molecule has 0 saturated heterocycles. The maximum Gasteiger partial charge on any atom is 0.573 e. The van der Waals surface area contributed by atoms with Gasteiger partial charge in [0.1, 0.15) is 5.75 Å². The summed E-state index contributed by atoms with van der Waals surface area (Å²) in [5.41, 5.74) is 0.562. The summed E-state index contributed by atoms with van der Waals surface area (Å²) < 4.78 is 39.6. The molecule has 0 aliphatic heterocycles. The minimum absolute atomic E-state index is 0.302. The maximum absolute atomic E-state index is 11.8. The third-order valence-electron chi connectivity index (χ3n) is 1.42. The fraction of sp³-hybridized carbons (Fsp3) is 0.125. The van der Waals surface area contributed by atoms with Gasteiger partial charge in [-0.15, -0.1) is 13.2 Å². The number of halogens is 4. The van der Waals surface area contributed by atoms with Crippen LogP contribution in [0.4, 0.5) is 13.2 Å². The fourth-order valence-corrected chi connectivity index (χ4v) is 1.35. The van der Waals surface area contributed by atoms with Gasteiger partial charge >= 0.3 is 6.36 Å². The van der Waals surface area contributed by atoms with Gasteiger partial charge in [-0.2, -0.15) is 5.10 Å². The molecule has 0 fully saturated rings. The second-order valence-electron chi connectivity index (χ2n) is 2.51. The van der Waals surface area contributed by atoms with Gasteiger partial charge in [0.05, 0.1) is 6.21 Å². The Bertz CT molecular complexity index is 379. The molecule has 0 saturated carbocycles. The van der Waals surface area contributed by atoms with Crippen molar-refractivity contribution in [3.05, 3.63) is 28.2 Å². The van der Waals surface area contributed by atoms with Gasteiger partial charge in [0.2, 0.25) is 0 Å². The number of hydrogen-bond acceptors (Lipinski definition) is 3. The Morgan fingerprint density at radius 2 is 2.07 bits per heavy atom. The van der Waals surface area contributed by atoms with E-state index in [0.29, 0.717) is 10.0 Å². The van der Waals surface area contributed by atoms with Crippen LogP contribution in [0.1, 0.15) is 5.56 Å². The van der Waals surface area contributed by atoms with Crippen LogP contribution in [0.5, 0.6) is 5.75 Å². The quantitative estimate of drug-likeness (QED) is 0.515. The van der Waals surface area contributed by atoms with E-state index in [-0.39, 0.29) is 5.75 Å². The van der Waals surface area contributed by atoms with Crippen molar-refractivity contribution in [1.82, 2.24) is 0 Å². The molecule has 0 aromatic heterocycles. The van der Waals surface area contributed by atoms with Crippen molar-refractivity contribution in [2.75, 3.05) is 0 Å². The van der Waals surface area contributed by atoms with Crippen molar-refractivity contribution in [2.24, 2.45) is 10.9 Å². The lowest BCUT2D eigenvalue weighted by Gasteiger charge is -2.09. The first-order valence-electron chi connectivity index (χ1n) is 3.71. The zero-order valence-corrected chi connectivity index (χ0v) is 8.84. The summed E-state index contributed by atoms with van der Waals surface area (Å²) in [6.07, 6.45) is -3.38. The summed E-state index contributed by atoms with van der Waals surface area (Å²) in [5, 5.41) is 3.25. The molecular formula is C8H6BrF3N2O. The molecule has 0 radical (unpaired) electrons. The molecule has 0 heterocycles. The number of alkyl halides is 3. The SMILES string of the molecule is NN=Cc1ccc(OC(F)(F)F)cc1Br. The van der Waals surface area contributed by atoms with Gasteiger partial charge < -0.3 is 10.6 Å². The van der Waals surface area contributed by atoms with Gasteiger partial charge in [0.15, 0.2) is 0 Å². The Morgan fingerprint density at radius 3 is 2.53 bits per heavy atom. The highest BCUT2D eigenvalue weighted by molar-refractivity contribution is 9.10. The molecule has 1 aromatic carbocycles. The predicted molar refractivity (Wildman–Crippen MR) is 52.6 cm³/mol. The molecule has 1 aromatic rings. The average Bonchev–Trinajstić information content (AvgIpc) is 2.07. The van der Waals surface area contributed by atoms with E-state index in [0.717, 1.165) is 0 Å². The van der Waals surface area contributed by atoms with E-state index in [1.807, 2.05) is 0 Å². The molecule has 0 amide bonds. The van der Waals surface area contributed by atoms with Crippen LogP contribution in [0.15, 0.2) is 27.8 Å². The Morgan fingerprint density at radius 1 is 1.40 bits per heavy atom. The van der Waals surface area contributed by atoms with E-state index in [4.69, 9.17) is 5.84 Å². The van der Waals surface area contributed by atoms with Crippen molar-refractivity contribution in [3.63, 3.8) is 0 Å². The average molecular weight is 283 g/mol. The zero-order valence-electron chi connectivity index (χ0n) is 7.25. The van der Waals surface area contributed by atoms with Crippen LogP contribution in [-0.4, -0.2) is 12.6 Å². The fourth-order valence-electron chi connectivity index (χ4n) is 0.890. The van der Waals surface area contributed by atoms with Crippen molar-refractivity contribution in [1.29, 1.82) is 0 Å². The van der Waals surface area contributed by atoms with Crippen LogP contribution in [0.25, 0.3) is 0 Å². The number of nitrogens with two attached hydrogens (primary N) is 1. The van der Waals surface area contributed by atoms with Crippen LogP contribution in [0.2, 0.25) is 0 Å². The normalized spacial score (nSPS) is 12.0. The number of nitrogens with zero attached hydrogens (tertiary/aromatic N) is 1. The molecule has 0 bridgehead atoms. The van der Waals surface area contributed by atoms with E-state index in [9.17, 15) is 13.2 Å². The van der Waals surface area contributed by atoms with E-state index in [2.05, 4.69) is 25.8 Å². The topological polar surface area (TPSA) is 47.6 Å². The van der Waals surface area contributed by atoms with Crippen molar-refractivity contribution >= 4 is 22.1 Å². The number of hydrogen-bond donors (Lipinski definition) is 1. The summed E-state index contributed by atoms with van der Waals surface area (Å²) in [5.74, 6) is 4.60. The van der Waals surface area contributed by atoms with E-state index in [1.165, 1.54) is 24.4 Å². The Labute approximate surface area is 91.8 Å². The van der Waals surface area contributed by atoms with Crippen LogP contribution in [-0.2, 0) is 0 Å². The summed E-state index contributed by atoms with van der Waals surface area (Å²) in [7, 11) is 0. The highest BCUT2D eigenvalue weighted by Gasteiger charge is 2.31. The molecule has 2 N–H and O–H groups in total. The number of ether oxygens (including phenoxy) is 1. The molecule has 7 heteroatoms. The predicted octanol–water partition coefficient (Wildman–Crippen LogP) is 2.64.